The summed E-state index contributed by atoms with van der Waals surface area (Å²) >= 11 is 0. The highest BCUT2D eigenvalue weighted by Crippen LogP contribution is 2.24. The van der Waals surface area contributed by atoms with Crippen molar-refractivity contribution in [1.29, 1.82) is 0 Å². The van der Waals surface area contributed by atoms with E-state index in [1.807, 2.05) is 4.90 Å². The maximum atomic E-state index is 12.9. The van der Waals surface area contributed by atoms with Crippen LogP contribution in [-0.4, -0.2) is 89.7 Å². The molecule has 1 aromatic heterocycles. The van der Waals surface area contributed by atoms with Gasteiger partial charge in [-0.2, -0.15) is 0 Å². The van der Waals surface area contributed by atoms with Crippen LogP contribution < -0.4 is 0 Å². The number of aryl methyl sites for hydroxylation is 1. The molecule has 0 radical (unpaired) electrons. The summed E-state index contributed by atoms with van der Waals surface area (Å²) in [7, 11) is 0. The molecule has 8 nitrogen and oxygen atoms in total. The van der Waals surface area contributed by atoms with Crippen molar-refractivity contribution < 1.29 is 18.8 Å². The van der Waals surface area contributed by atoms with E-state index in [4.69, 9.17) is 9.26 Å². The molecule has 3 aliphatic rings. The Hall–Kier alpha value is -1.93. The highest BCUT2D eigenvalue weighted by atomic mass is 16.5. The summed E-state index contributed by atoms with van der Waals surface area (Å²) in [5.74, 6) is 0.537. The second-order valence-electron chi connectivity index (χ2n) is 8.81. The van der Waals surface area contributed by atoms with Crippen LogP contribution in [0.25, 0.3) is 0 Å². The molecule has 3 fully saturated rings. The molecule has 1 unspecified atom stereocenters. The fourth-order valence-corrected chi connectivity index (χ4v) is 4.93. The number of piperazine rings is 1. The fraction of sp³-hybridized carbons (Fsp3) is 0.773. The van der Waals surface area contributed by atoms with Gasteiger partial charge in [-0.25, -0.2) is 0 Å². The van der Waals surface area contributed by atoms with Crippen LogP contribution in [0.3, 0.4) is 0 Å². The molecule has 2 amide bonds. The third-order valence-electron chi connectivity index (χ3n) is 6.69. The van der Waals surface area contributed by atoms with Gasteiger partial charge < -0.3 is 19.1 Å². The number of rotatable bonds is 7. The number of hydrogen-bond acceptors (Lipinski definition) is 6. The van der Waals surface area contributed by atoms with Gasteiger partial charge in [0, 0.05) is 64.4 Å². The average Bonchev–Trinajstić information content (AvgIpc) is 3.53. The summed E-state index contributed by atoms with van der Waals surface area (Å²) in [6.45, 7) is 6.89. The van der Waals surface area contributed by atoms with E-state index in [0.29, 0.717) is 37.0 Å². The van der Waals surface area contributed by atoms with Crippen LogP contribution in [0.2, 0.25) is 0 Å². The van der Waals surface area contributed by atoms with Gasteiger partial charge in [-0.05, 0) is 32.6 Å². The first-order valence-electron chi connectivity index (χ1n) is 11.5. The Morgan fingerprint density at radius 3 is 2.53 bits per heavy atom. The van der Waals surface area contributed by atoms with Gasteiger partial charge in [0.15, 0.2) is 5.69 Å². The Labute approximate surface area is 178 Å². The van der Waals surface area contributed by atoms with Gasteiger partial charge in [-0.15, -0.1) is 0 Å². The first-order chi connectivity index (χ1) is 14.6. The van der Waals surface area contributed by atoms with E-state index in [-0.39, 0.29) is 17.9 Å². The lowest BCUT2D eigenvalue weighted by molar-refractivity contribution is -0.133. The Bertz CT molecular complexity index is 716. The number of carbonyl (C=O) groups excluding carboxylic acids is 2. The van der Waals surface area contributed by atoms with Crippen LogP contribution in [-0.2, 0) is 9.53 Å². The topological polar surface area (TPSA) is 79.1 Å². The minimum absolute atomic E-state index is 0.0343. The summed E-state index contributed by atoms with van der Waals surface area (Å²) < 4.78 is 10.8. The molecule has 0 aromatic carbocycles. The highest BCUT2D eigenvalue weighted by Gasteiger charge is 2.29. The van der Waals surface area contributed by atoms with E-state index < -0.39 is 0 Å². The first kappa shape index (κ1) is 21.3. The molecular formula is C22H34N4O4. The lowest BCUT2D eigenvalue weighted by atomic mass is 10.1. The average molecular weight is 419 g/mol. The van der Waals surface area contributed by atoms with Crippen LogP contribution in [0.4, 0.5) is 0 Å². The van der Waals surface area contributed by atoms with Crippen LogP contribution >= 0.6 is 0 Å². The van der Waals surface area contributed by atoms with Crippen LogP contribution in [0.5, 0.6) is 0 Å². The standard InChI is InChI=1S/C22H34N4O4/c1-17-15-20(23-30-17)22(28)26(16-19-7-4-14-29-19)9-8-21(27)25-12-10-24(11-13-25)18-5-2-3-6-18/h15,18-19H,2-14,16H2,1H3. The molecule has 8 heteroatoms. The van der Waals surface area contributed by atoms with Crippen molar-refractivity contribution in [2.75, 3.05) is 45.9 Å². The maximum Gasteiger partial charge on any atom is 0.276 e. The van der Waals surface area contributed by atoms with E-state index in [9.17, 15) is 9.59 Å². The normalized spacial score (nSPS) is 23.2. The summed E-state index contributed by atoms with van der Waals surface area (Å²) in [4.78, 5) is 32.0. The van der Waals surface area contributed by atoms with Gasteiger partial charge in [0.25, 0.3) is 5.91 Å². The van der Waals surface area contributed by atoms with Crippen molar-refractivity contribution in [1.82, 2.24) is 19.9 Å². The number of nitrogens with zero attached hydrogens (tertiary/aromatic N) is 4. The van der Waals surface area contributed by atoms with E-state index in [1.165, 1.54) is 25.7 Å². The van der Waals surface area contributed by atoms with E-state index in [2.05, 4.69) is 10.1 Å². The van der Waals surface area contributed by atoms with Crippen molar-refractivity contribution >= 4 is 11.8 Å². The monoisotopic (exact) mass is 418 g/mol. The molecule has 4 rings (SSSR count). The summed E-state index contributed by atoms with van der Waals surface area (Å²) in [6.07, 6.45) is 7.60. The van der Waals surface area contributed by atoms with Crippen molar-refractivity contribution in [2.24, 2.45) is 0 Å². The molecule has 0 N–H and O–H groups in total. The van der Waals surface area contributed by atoms with Crippen LogP contribution in [0, 0.1) is 6.92 Å². The Morgan fingerprint density at radius 1 is 1.13 bits per heavy atom. The Kier molecular flexibility index (Phi) is 7.04. The third-order valence-corrected chi connectivity index (χ3v) is 6.69. The van der Waals surface area contributed by atoms with E-state index in [0.717, 1.165) is 45.6 Å². The quantitative estimate of drug-likeness (QED) is 0.675. The number of ether oxygens (including phenoxy) is 1. The molecule has 1 aliphatic carbocycles. The molecule has 30 heavy (non-hydrogen) atoms. The Morgan fingerprint density at radius 2 is 1.90 bits per heavy atom. The minimum atomic E-state index is -0.193. The molecule has 166 valence electrons. The van der Waals surface area contributed by atoms with Gasteiger partial charge in [0.05, 0.1) is 6.10 Å². The second-order valence-corrected chi connectivity index (χ2v) is 8.81. The van der Waals surface area contributed by atoms with Gasteiger partial charge >= 0.3 is 0 Å². The predicted octanol–water partition coefficient (Wildman–Crippen LogP) is 2.08. The molecule has 0 spiro atoms. The second kappa shape index (κ2) is 9.92. The molecule has 1 saturated carbocycles. The van der Waals surface area contributed by atoms with Crippen molar-refractivity contribution in [3.8, 4) is 0 Å². The van der Waals surface area contributed by atoms with Crippen LogP contribution in [0.1, 0.15) is 61.2 Å². The van der Waals surface area contributed by atoms with E-state index in [1.54, 1.807) is 17.9 Å². The number of aromatic nitrogens is 1. The molecule has 1 aromatic rings. The summed E-state index contributed by atoms with van der Waals surface area (Å²) in [6, 6.07) is 2.36. The molecule has 2 aliphatic heterocycles. The van der Waals surface area contributed by atoms with Gasteiger partial charge in [-0.1, -0.05) is 18.0 Å². The number of carbonyl (C=O) groups is 2. The number of hydrogen-bond donors (Lipinski definition) is 0. The zero-order chi connectivity index (χ0) is 20.9. The van der Waals surface area contributed by atoms with Gasteiger partial charge in [-0.3, -0.25) is 14.5 Å². The predicted molar refractivity (Wildman–Crippen MR) is 111 cm³/mol. The van der Waals surface area contributed by atoms with Crippen LogP contribution in [0.15, 0.2) is 10.6 Å². The maximum absolute atomic E-state index is 12.9. The number of amides is 2. The molecule has 1 atom stereocenters. The SMILES string of the molecule is Cc1cc(C(=O)N(CCC(=O)N2CCN(C3CCCC3)CC2)CC2CCCO2)no1. The smallest absolute Gasteiger partial charge is 0.276 e. The molecule has 3 heterocycles. The first-order valence-corrected chi connectivity index (χ1v) is 11.5. The highest BCUT2D eigenvalue weighted by molar-refractivity contribution is 5.92. The van der Waals surface area contributed by atoms with Gasteiger partial charge in [0.1, 0.15) is 5.76 Å². The van der Waals surface area contributed by atoms with Crippen molar-refractivity contribution in [2.45, 2.75) is 64.0 Å². The fourth-order valence-electron chi connectivity index (χ4n) is 4.93. The summed E-state index contributed by atoms with van der Waals surface area (Å²) in [5, 5.41) is 3.87. The summed E-state index contributed by atoms with van der Waals surface area (Å²) in [5.41, 5.74) is 0.295. The molecule has 2 saturated heterocycles. The zero-order valence-electron chi connectivity index (χ0n) is 18.1. The van der Waals surface area contributed by atoms with Crippen molar-refractivity contribution in [3.05, 3.63) is 17.5 Å². The third kappa shape index (κ3) is 5.21. The van der Waals surface area contributed by atoms with Crippen molar-refractivity contribution in [3.63, 3.8) is 0 Å². The largest absolute Gasteiger partial charge is 0.376 e. The lowest BCUT2D eigenvalue weighted by Crippen LogP contribution is -2.52. The zero-order valence-corrected chi connectivity index (χ0v) is 18.1. The molecular weight excluding hydrogens is 384 g/mol. The minimum Gasteiger partial charge on any atom is -0.376 e. The Balaban J connectivity index is 1.30. The molecule has 0 bridgehead atoms. The lowest BCUT2D eigenvalue weighted by Gasteiger charge is -2.38. The van der Waals surface area contributed by atoms with Gasteiger partial charge in [0.2, 0.25) is 5.91 Å². The van der Waals surface area contributed by atoms with E-state index >= 15 is 0 Å².